The molecular weight excluding hydrogens is 192 g/mol. The van der Waals surface area contributed by atoms with Gasteiger partial charge in [0.15, 0.2) is 0 Å². The molecule has 0 saturated heterocycles. The number of aryl methyl sites for hydroxylation is 2. The molecule has 1 atom stereocenters. The van der Waals surface area contributed by atoms with Crippen LogP contribution in [0.3, 0.4) is 0 Å². The van der Waals surface area contributed by atoms with Crippen LogP contribution >= 0.6 is 0 Å². The Morgan fingerprint density at radius 2 is 2.40 bits per heavy atom. The van der Waals surface area contributed by atoms with E-state index >= 15 is 0 Å². The summed E-state index contributed by atoms with van der Waals surface area (Å²) in [5, 5.41) is 20.6. The molecule has 0 aliphatic carbocycles. The highest BCUT2D eigenvalue weighted by Crippen LogP contribution is 2.18. The molecule has 80 valence electrons. The van der Waals surface area contributed by atoms with Crippen LogP contribution < -0.4 is 0 Å². The summed E-state index contributed by atoms with van der Waals surface area (Å²) in [6, 6.07) is 0. The number of aliphatic hydroxyl groups excluding tert-OH is 1. The number of H-pyrrole nitrogens is 1. The summed E-state index contributed by atoms with van der Waals surface area (Å²) in [6.07, 6.45) is 5.32. The molecule has 2 aromatic rings. The van der Waals surface area contributed by atoms with Crippen LogP contribution in [0.15, 0.2) is 18.6 Å². The van der Waals surface area contributed by atoms with Gasteiger partial charge in [-0.05, 0) is 12.5 Å². The van der Waals surface area contributed by atoms with Crippen LogP contribution in [0.2, 0.25) is 0 Å². The molecular formula is C10H14N4O. The molecule has 0 amide bonds. The third-order valence-electron chi connectivity index (χ3n) is 2.43. The predicted octanol–water partition coefficient (Wildman–Crippen LogP) is 0.728. The van der Waals surface area contributed by atoms with Crippen LogP contribution in [0.25, 0.3) is 0 Å². The van der Waals surface area contributed by atoms with E-state index < -0.39 is 6.10 Å². The molecule has 1 unspecified atom stereocenters. The maximum atomic E-state index is 9.90. The maximum Gasteiger partial charge on any atom is 0.0861 e. The van der Waals surface area contributed by atoms with Gasteiger partial charge in [-0.25, -0.2) is 0 Å². The van der Waals surface area contributed by atoms with E-state index in [1.165, 1.54) is 0 Å². The number of hydrogen-bond acceptors (Lipinski definition) is 3. The topological polar surface area (TPSA) is 66.7 Å². The van der Waals surface area contributed by atoms with E-state index in [1.54, 1.807) is 17.1 Å². The van der Waals surface area contributed by atoms with E-state index in [-0.39, 0.29) is 0 Å². The lowest BCUT2D eigenvalue weighted by molar-refractivity contribution is 0.178. The third kappa shape index (κ3) is 2.07. The number of aromatic amines is 1. The standard InChI is InChI=1S/C10H14N4O/c1-7-8(6-14(2)13-7)3-10(15)9-4-11-12-5-9/h4-6,10,15H,3H2,1-2H3,(H,11,12). The minimum absolute atomic E-state index is 0.522. The van der Waals surface area contributed by atoms with Gasteiger partial charge in [-0.2, -0.15) is 10.2 Å². The smallest absolute Gasteiger partial charge is 0.0861 e. The van der Waals surface area contributed by atoms with Gasteiger partial charge in [0.25, 0.3) is 0 Å². The summed E-state index contributed by atoms with van der Waals surface area (Å²) in [5.74, 6) is 0. The number of rotatable bonds is 3. The Labute approximate surface area is 87.7 Å². The van der Waals surface area contributed by atoms with Crippen molar-refractivity contribution in [3.63, 3.8) is 0 Å². The van der Waals surface area contributed by atoms with Crippen molar-refractivity contribution in [1.82, 2.24) is 20.0 Å². The highest BCUT2D eigenvalue weighted by Gasteiger charge is 2.12. The molecule has 0 radical (unpaired) electrons. The molecule has 0 saturated carbocycles. The zero-order chi connectivity index (χ0) is 10.8. The average molecular weight is 206 g/mol. The van der Waals surface area contributed by atoms with Crippen molar-refractivity contribution >= 4 is 0 Å². The van der Waals surface area contributed by atoms with Crippen molar-refractivity contribution in [3.8, 4) is 0 Å². The molecule has 2 rings (SSSR count). The molecule has 2 heterocycles. The highest BCUT2D eigenvalue weighted by molar-refractivity contribution is 5.19. The van der Waals surface area contributed by atoms with E-state index in [0.717, 1.165) is 16.8 Å². The Morgan fingerprint density at radius 1 is 1.60 bits per heavy atom. The molecule has 0 aliphatic rings. The van der Waals surface area contributed by atoms with Crippen LogP contribution in [0.1, 0.15) is 22.9 Å². The third-order valence-corrected chi connectivity index (χ3v) is 2.43. The second kappa shape index (κ2) is 3.86. The first-order valence-corrected chi connectivity index (χ1v) is 4.82. The first kappa shape index (κ1) is 9.92. The van der Waals surface area contributed by atoms with Gasteiger partial charge in [-0.3, -0.25) is 9.78 Å². The van der Waals surface area contributed by atoms with Crippen molar-refractivity contribution in [2.75, 3.05) is 0 Å². The SMILES string of the molecule is Cc1nn(C)cc1CC(O)c1cn[nH]c1. The zero-order valence-electron chi connectivity index (χ0n) is 8.81. The molecule has 5 nitrogen and oxygen atoms in total. The second-order valence-corrected chi connectivity index (χ2v) is 3.66. The molecule has 2 aromatic heterocycles. The van der Waals surface area contributed by atoms with E-state index in [0.29, 0.717) is 6.42 Å². The molecule has 15 heavy (non-hydrogen) atoms. The normalized spacial score (nSPS) is 13.0. The number of nitrogens with zero attached hydrogens (tertiary/aromatic N) is 3. The van der Waals surface area contributed by atoms with Crippen molar-refractivity contribution < 1.29 is 5.11 Å². The Kier molecular flexibility index (Phi) is 2.55. The maximum absolute atomic E-state index is 9.90. The number of hydrogen-bond donors (Lipinski definition) is 2. The summed E-state index contributed by atoms with van der Waals surface area (Å²) in [6.45, 7) is 1.94. The van der Waals surface area contributed by atoms with Gasteiger partial charge in [0.2, 0.25) is 0 Å². The molecule has 0 fully saturated rings. The number of nitrogens with one attached hydrogen (secondary N) is 1. The van der Waals surface area contributed by atoms with Crippen molar-refractivity contribution in [2.24, 2.45) is 7.05 Å². The monoisotopic (exact) mass is 206 g/mol. The zero-order valence-corrected chi connectivity index (χ0v) is 8.81. The quantitative estimate of drug-likeness (QED) is 0.778. The second-order valence-electron chi connectivity index (χ2n) is 3.66. The van der Waals surface area contributed by atoms with E-state index in [4.69, 9.17) is 0 Å². The fourth-order valence-corrected chi connectivity index (χ4v) is 1.62. The lowest BCUT2D eigenvalue weighted by Crippen LogP contribution is -2.00. The van der Waals surface area contributed by atoms with Gasteiger partial charge in [-0.15, -0.1) is 0 Å². The average Bonchev–Trinajstić information content (AvgIpc) is 2.76. The fourth-order valence-electron chi connectivity index (χ4n) is 1.62. The van der Waals surface area contributed by atoms with Crippen LogP contribution in [0, 0.1) is 6.92 Å². The largest absolute Gasteiger partial charge is 0.388 e. The Balaban J connectivity index is 2.12. The van der Waals surface area contributed by atoms with Crippen LogP contribution in [0.5, 0.6) is 0 Å². The van der Waals surface area contributed by atoms with Crippen LogP contribution in [-0.2, 0) is 13.5 Å². The van der Waals surface area contributed by atoms with Crippen molar-refractivity contribution in [1.29, 1.82) is 0 Å². The van der Waals surface area contributed by atoms with Crippen LogP contribution in [-0.4, -0.2) is 25.1 Å². The van der Waals surface area contributed by atoms with Gasteiger partial charge < -0.3 is 5.11 Å². The van der Waals surface area contributed by atoms with Gasteiger partial charge in [0.05, 0.1) is 18.0 Å². The van der Waals surface area contributed by atoms with E-state index in [2.05, 4.69) is 15.3 Å². The minimum Gasteiger partial charge on any atom is -0.388 e. The Bertz CT molecular complexity index is 432. The first-order chi connectivity index (χ1) is 7.16. The summed E-state index contributed by atoms with van der Waals surface area (Å²) >= 11 is 0. The van der Waals surface area contributed by atoms with E-state index in [9.17, 15) is 5.11 Å². The van der Waals surface area contributed by atoms with Gasteiger partial charge in [0, 0.05) is 31.4 Å². The Hall–Kier alpha value is -1.62. The number of aliphatic hydroxyl groups is 1. The van der Waals surface area contributed by atoms with Gasteiger partial charge in [0.1, 0.15) is 0 Å². The number of aromatic nitrogens is 4. The molecule has 0 bridgehead atoms. The summed E-state index contributed by atoms with van der Waals surface area (Å²) in [7, 11) is 1.88. The summed E-state index contributed by atoms with van der Waals surface area (Å²) < 4.78 is 1.76. The summed E-state index contributed by atoms with van der Waals surface area (Å²) in [4.78, 5) is 0. The lowest BCUT2D eigenvalue weighted by Gasteiger charge is -2.06. The molecule has 2 N–H and O–H groups in total. The highest BCUT2D eigenvalue weighted by atomic mass is 16.3. The fraction of sp³-hybridized carbons (Fsp3) is 0.400. The molecule has 5 heteroatoms. The van der Waals surface area contributed by atoms with Crippen LogP contribution in [0.4, 0.5) is 0 Å². The first-order valence-electron chi connectivity index (χ1n) is 4.82. The Morgan fingerprint density at radius 3 is 2.93 bits per heavy atom. The predicted molar refractivity (Wildman–Crippen MR) is 55.2 cm³/mol. The van der Waals surface area contributed by atoms with Gasteiger partial charge in [-0.1, -0.05) is 0 Å². The molecule has 0 spiro atoms. The van der Waals surface area contributed by atoms with E-state index in [1.807, 2.05) is 20.2 Å². The minimum atomic E-state index is -0.522. The lowest BCUT2D eigenvalue weighted by atomic mass is 10.1. The molecule has 0 aromatic carbocycles. The van der Waals surface area contributed by atoms with Gasteiger partial charge >= 0.3 is 0 Å². The summed E-state index contributed by atoms with van der Waals surface area (Å²) in [5.41, 5.74) is 2.82. The van der Waals surface area contributed by atoms with Crippen molar-refractivity contribution in [2.45, 2.75) is 19.4 Å². The van der Waals surface area contributed by atoms with Crippen molar-refractivity contribution in [3.05, 3.63) is 35.4 Å². The molecule has 0 aliphatic heterocycles.